The second-order valence-electron chi connectivity index (χ2n) is 13.5. The summed E-state index contributed by atoms with van der Waals surface area (Å²) in [7, 11) is 0. The quantitative estimate of drug-likeness (QED) is 0.0716. The molecule has 0 saturated carbocycles. The molecule has 3 heterocycles. The Bertz CT molecular complexity index is 1970. The smallest absolute Gasteiger partial charge is 0.172 e. The maximum atomic E-state index is 14.3. The van der Waals surface area contributed by atoms with Gasteiger partial charge < -0.3 is 9.47 Å². The fourth-order valence-corrected chi connectivity index (χ4v) is 9.45. The largest absolute Gasteiger partial charge is 0.489 e. The summed E-state index contributed by atoms with van der Waals surface area (Å²) in [6, 6.07) is 20.8. The minimum absolute atomic E-state index is 0.344. The predicted octanol–water partition coefficient (Wildman–Crippen LogP) is 15.7. The number of fused-ring (bicyclic) bond motifs is 1. The van der Waals surface area contributed by atoms with Crippen molar-refractivity contribution in [2.24, 2.45) is 0 Å². The van der Waals surface area contributed by atoms with Crippen molar-refractivity contribution in [3.8, 4) is 54.9 Å². The zero-order valence-electron chi connectivity index (χ0n) is 30.9. The molecule has 0 aliphatic heterocycles. The molecule has 6 rings (SSSR count). The summed E-state index contributed by atoms with van der Waals surface area (Å²) in [4.78, 5) is 12.8. The first-order valence-electron chi connectivity index (χ1n) is 19.1. The molecule has 10 heteroatoms. The summed E-state index contributed by atoms with van der Waals surface area (Å²) in [6.45, 7) is 5.53. The molecular weight excluding hydrogens is 850 g/mol. The Morgan fingerprint density at radius 1 is 0.500 bits per heavy atom. The van der Waals surface area contributed by atoms with Crippen LogP contribution >= 0.6 is 54.5 Å². The molecule has 0 fully saturated rings. The average molecular weight is 897 g/mol. The molecule has 4 nitrogen and oxygen atoms in total. The van der Waals surface area contributed by atoms with Gasteiger partial charge in [-0.05, 0) is 117 Å². The van der Waals surface area contributed by atoms with Crippen LogP contribution in [0.2, 0.25) is 0 Å². The Labute approximate surface area is 342 Å². The van der Waals surface area contributed by atoms with Crippen molar-refractivity contribution in [1.82, 2.24) is 9.97 Å². The van der Waals surface area contributed by atoms with Crippen molar-refractivity contribution in [3.63, 3.8) is 0 Å². The van der Waals surface area contributed by atoms with Crippen LogP contribution in [0.25, 0.3) is 54.4 Å². The number of unbranched alkanes of at least 4 members (excludes halogenated alkanes) is 10. The van der Waals surface area contributed by atoms with Gasteiger partial charge in [-0.15, -0.1) is 22.7 Å². The van der Waals surface area contributed by atoms with Crippen molar-refractivity contribution >= 4 is 65.6 Å². The monoisotopic (exact) mass is 894 g/mol. The number of halogens is 4. The van der Waals surface area contributed by atoms with Gasteiger partial charge in [-0.3, -0.25) is 0 Å². The lowest BCUT2D eigenvalue weighted by Crippen LogP contribution is -2.08. The van der Waals surface area contributed by atoms with E-state index < -0.39 is 0 Å². The van der Waals surface area contributed by atoms with Gasteiger partial charge in [0.05, 0.1) is 43.3 Å². The topological polar surface area (TPSA) is 44.2 Å². The van der Waals surface area contributed by atoms with Gasteiger partial charge in [0.25, 0.3) is 0 Å². The summed E-state index contributed by atoms with van der Waals surface area (Å²) in [5.41, 5.74) is 5.44. The highest BCUT2D eigenvalue weighted by Gasteiger charge is 2.30. The van der Waals surface area contributed by atoms with E-state index in [9.17, 15) is 8.78 Å². The summed E-state index contributed by atoms with van der Waals surface area (Å²) >= 11 is 10.6. The predicted molar refractivity (Wildman–Crippen MR) is 230 cm³/mol. The molecule has 0 aliphatic rings. The molecule has 284 valence electrons. The molecule has 0 atom stereocenters. The van der Waals surface area contributed by atoms with Crippen LogP contribution in [0.5, 0.6) is 11.5 Å². The molecule has 3 aromatic heterocycles. The molecule has 0 N–H and O–H groups in total. The molecule has 6 aromatic rings. The van der Waals surface area contributed by atoms with E-state index in [2.05, 4.69) is 57.8 Å². The van der Waals surface area contributed by atoms with E-state index in [1.807, 2.05) is 12.1 Å². The van der Waals surface area contributed by atoms with E-state index in [1.165, 1.54) is 75.6 Å². The van der Waals surface area contributed by atoms with E-state index in [0.29, 0.717) is 58.3 Å². The molecule has 54 heavy (non-hydrogen) atoms. The molecule has 0 bridgehead atoms. The third-order valence-electron chi connectivity index (χ3n) is 9.39. The second kappa shape index (κ2) is 20.1. The third kappa shape index (κ3) is 10.2. The van der Waals surface area contributed by atoms with Crippen molar-refractivity contribution in [2.75, 3.05) is 13.2 Å². The van der Waals surface area contributed by atoms with Crippen LogP contribution in [0.4, 0.5) is 8.78 Å². The highest BCUT2D eigenvalue weighted by Crippen LogP contribution is 2.54. The zero-order valence-corrected chi connectivity index (χ0v) is 35.7. The van der Waals surface area contributed by atoms with Crippen molar-refractivity contribution < 1.29 is 18.3 Å². The molecule has 0 unspecified atom stereocenters. The van der Waals surface area contributed by atoms with Gasteiger partial charge in [-0.1, -0.05) is 78.1 Å². The lowest BCUT2D eigenvalue weighted by atomic mass is 9.98. The summed E-state index contributed by atoms with van der Waals surface area (Å²) in [5, 5.41) is 0. The Kier molecular flexibility index (Phi) is 15.1. The lowest BCUT2D eigenvalue weighted by molar-refractivity contribution is 0.260. The first-order valence-corrected chi connectivity index (χ1v) is 22.3. The first kappa shape index (κ1) is 40.5. The van der Waals surface area contributed by atoms with E-state index in [4.69, 9.17) is 19.4 Å². The van der Waals surface area contributed by atoms with E-state index >= 15 is 0 Å². The number of nitrogens with zero attached hydrogens (tertiary/aromatic N) is 2. The third-order valence-corrected chi connectivity index (χ3v) is 12.7. The number of benzene rings is 3. The second-order valence-corrected chi connectivity index (χ2v) is 18.4. The molecule has 0 spiro atoms. The standard InChI is InChI=1S/C44H46Br2F2N2O2S2/c1-3-5-7-9-11-13-27-51-43-37(33-23-25-35(45)53-33)41-42(38(34-24-26-36(46)54-34)44(43)52-28-14-12-10-8-6-4-2)50-40(30-17-21-32(48)22-18-30)39(49-41)29-15-19-31(47)20-16-29/h15-26H,3-14,27-28H2,1-2H3. The van der Waals surface area contributed by atoms with Crippen LogP contribution < -0.4 is 9.47 Å². The van der Waals surface area contributed by atoms with Gasteiger partial charge in [0.15, 0.2) is 11.5 Å². The van der Waals surface area contributed by atoms with Crippen LogP contribution in [0, 0.1) is 11.6 Å². The van der Waals surface area contributed by atoms with Crippen LogP contribution in [0.15, 0.2) is 80.4 Å². The maximum absolute atomic E-state index is 14.3. The number of hydrogen-bond donors (Lipinski definition) is 0. The average Bonchev–Trinajstić information content (AvgIpc) is 3.81. The molecule has 3 aromatic carbocycles. The van der Waals surface area contributed by atoms with Crippen molar-refractivity contribution in [2.45, 2.75) is 90.9 Å². The van der Waals surface area contributed by atoms with Crippen LogP contribution in [0.3, 0.4) is 0 Å². The fraction of sp³-hybridized carbons (Fsp3) is 0.364. The molecule has 0 amide bonds. The zero-order chi connectivity index (χ0) is 37.9. The summed E-state index contributed by atoms with van der Waals surface area (Å²) in [6.07, 6.45) is 13.7. The minimum atomic E-state index is -0.344. The van der Waals surface area contributed by atoms with Crippen LogP contribution in [-0.4, -0.2) is 23.2 Å². The normalized spacial score (nSPS) is 11.4. The fourth-order valence-electron chi connectivity index (χ4n) is 6.59. The van der Waals surface area contributed by atoms with Gasteiger partial charge in [-0.2, -0.15) is 0 Å². The van der Waals surface area contributed by atoms with Crippen LogP contribution in [-0.2, 0) is 0 Å². The van der Waals surface area contributed by atoms with Gasteiger partial charge >= 0.3 is 0 Å². The van der Waals surface area contributed by atoms with Gasteiger partial charge in [0.2, 0.25) is 0 Å². The molecule has 0 aliphatic carbocycles. The number of rotatable bonds is 20. The number of ether oxygens (including phenoxy) is 2. The van der Waals surface area contributed by atoms with Gasteiger partial charge in [0.1, 0.15) is 22.7 Å². The van der Waals surface area contributed by atoms with Gasteiger partial charge in [0, 0.05) is 20.9 Å². The Morgan fingerprint density at radius 3 is 1.22 bits per heavy atom. The lowest BCUT2D eigenvalue weighted by Gasteiger charge is -2.22. The Balaban J connectivity index is 1.61. The SMILES string of the molecule is CCCCCCCCOc1c(OCCCCCCCC)c(-c2ccc(Br)s2)c2nc(-c3ccc(F)cc3)c(-c3ccc(F)cc3)nc2c1-c1ccc(Br)s1. The highest BCUT2D eigenvalue weighted by molar-refractivity contribution is 9.11. The number of aromatic nitrogens is 2. The number of hydrogen-bond acceptors (Lipinski definition) is 6. The van der Waals surface area contributed by atoms with Crippen molar-refractivity contribution in [3.05, 3.63) is 92.0 Å². The van der Waals surface area contributed by atoms with Gasteiger partial charge in [-0.25, -0.2) is 18.7 Å². The Morgan fingerprint density at radius 2 is 0.870 bits per heavy atom. The molecule has 0 radical (unpaired) electrons. The summed E-state index contributed by atoms with van der Waals surface area (Å²) < 4.78 is 44.3. The van der Waals surface area contributed by atoms with E-state index in [-0.39, 0.29) is 11.6 Å². The summed E-state index contributed by atoms with van der Waals surface area (Å²) in [5.74, 6) is 0.626. The highest BCUT2D eigenvalue weighted by atomic mass is 79.9. The van der Waals surface area contributed by atoms with E-state index in [1.54, 1.807) is 46.9 Å². The van der Waals surface area contributed by atoms with Crippen molar-refractivity contribution in [1.29, 1.82) is 0 Å². The van der Waals surface area contributed by atoms with E-state index in [0.717, 1.165) is 54.1 Å². The first-order chi connectivity index (χ1) is 26.4. The Hall–Kier alpha value is -3.18. The minimum Gasteiger partial charge on any atom is -0.489 e. The molecular formula is C44H46Br2F2N2O2S2. The molecule has 0 saturated heterocycles. The van der Waals surface area contributed by atoms with Crippen LogP contribution in [0.1, 0.15) is 90.9 Å². The maximum Gasteiger partial charge on any atom is 0.172 e. The number of thiophene rings is 2.